The smallest absolute Gasteiger partial charge is 0.291 e. The van der Waals surface area contributed by atoms with E-state index in [2.05, 4.69) is 5.48 Å². The van der Waals surface area contributed by atoms with Crippen LogP contribution in [-0.4, -0.2) is 17.1 Å². The van der Waals surface area contributed by atoms with Crippen molar-refractivity contribution in [2.45, 2.75) is 19.3 Å². The van der Waals surface area contributed by atoms with E-state index in [0.29, 0.717) is 18.2 Å². The summed E-state index contributed by atoms with van der Waals surface area (Å²) in [7, 11) is 1.89. The number of amides is 1. The largest absolute Gasteiger partial charge is 0.340 e. The van der Waals surface area contributed by atoms with Crippen molar-refractivity contribution in [2.24, 2.45) is 13.0 Å². The number of benzene rings is 1. The van der Waals surface area contributed by atoms with E-state index < -0.39 is 0 Å². The average Bonchev–Trinajstić information content (AvgIpc) is 2.70. The van der Waals surface area contributed by atoms with Gasteiger partial charge in [0.1, 0.15) is 5.69 Å². The van der Waals surface area contributed by atoms with Gasteiger partial charge in [0.2, 0.25) is 0 Å². The van der Waals surface area contributed by atoms with E-state index in [4.69, 9.17) is 4.84 Å². The van der Waals surface area contributed by atoms with Gasteiger partial charge in [0.15, 0.2) is 0 Å². The number of rotatable bonds is 4. The molecule has 1 N–H and O–H groups in total. The van der Waals surface area contributed by atoms with Gasteiger partial charge in [-0.15, -0.1) is 0 Å². The van der Waals surface area contributed by atoms with Crippen molar-refractivity contribution in [1.82, 2.24) is 10.0 Å². The number of para-hydroxylation sites is 1. The molecule has 1 amide bonds. The Balaban J connectivity index is 1.68. The molecule has 0 spiro atoms. The topological polar surface area (TPSA) is 43.3 Å². The van der Waals surface area contributed by atoms with Gasteiger partial charge in [0.25, 0.3) is 5.91 Å². The van der Waals surface area contributed by atoms with Crippen molar-refractivity contribution in [3.63, 3.8) is 0 Å². The molecule has 1 aromatic heterocycles. The number of nitrogens with zero attached hydrogens (tertiary/aromatic N) is 1. The number of aryl methyl sites for hydroxylation is 1. The van der Waals surface area contributed by atoms with Gasteiger partial charge in [-0.3, -0.25) is 9.63 Å². The Morgan fingerprint density at radius 3 is 2.89 bits per heavy atom. The Labute approximate surface area is 112 Å². The number of aromatic nitrogens is 1. The molecule has 0 saturated heterocycles. The summed E-state index contributed by atoms with van der Waals surface area (Å²) in [6.07, 6.45) is 3.71. The minimum absolute atomic E-state index is 0.182. The van der Waals surface area contributed by atoms with Crippen LogP contribution in [0.15, 0.2) is 30.3 Å². The molecule has 4 heteroatoms. The summed E-state index contributed by atoms with van der Waals surface area (Å²) in [6.45, 7) is 0.621. The highest BCUT2D eigenvalue weighted by Gasteiger charge is 2.19. The summed E-state index contributed by atoms with van der Waals surface area (Å²) in [4.78, 5) is 17.4. The third-order valence-corrected chi connectivity index (χ3v) is 3.89. The molecule has 0 radical (unpaired) electrons. The molecule has 1 fully saturated rings. The number of hydroxylamine groups is 1. The van der Waals surface area contributed by atoms with Crippen molar-refractivity contribution in [3.8, 4) is 0 Å². The van der Waals surface area contributed by atoms with Crippen LogP contribution in [0.25, 0.3) is 10.9 Å². The van der Waals surface area contributed by atoms with Crippen LogP contribution < -0.4 is 5.48 Å². The molecule has 4 nitrogen and oxygen atoms in total. The van der Waals surface area contributed by atoms with Crippen LogP contribution in [0, 0.1) is 5.92 Å². The van der Waals surface area contributed by atoms with Crippen molar-refractivity contribution in [1.29, 1.82) is 0 Å². The second-order valence-electron chi connectivity index (χ2n) is 5.19. The molecule has 1 aliphatic carbocycles. The normalized spacial score (nSPS) is 15.4. The number of carbonyl (C=O) groups is 1. The average molecular weight is 258 g/mol. The molecule has 0 unspecified atom stereocenters. The van der Waals surface area contributed by atoms with Gasteiger partial charge in [-0.25, -0.2) is 5.48 Å². The third-order valence-electron chi connectivity index (χ3n) is 3.89. The first-order valence-corrected chi connectivity index (χ1v) is 6.72. The highest BCUT2D eigenvalue weighted by atomic mass is 16.7. The quantitative estimate of drug-likeness (QED) is 0.857. The number of hydrogen-bond donors (Lipinski definition) is 1. The van der Waals surface area contributed by atoms with Gasteiger partial charge < -0.3 is 4.57 Å². The molecule has 100 valence electrons. The van der Waals surface area contributed by atoms with Crippen molar-refractivity contribution in [3.05, 3.63) is 36.0 Å². The Morgan fingerprint density at radius 2 is 2.21 bits per heavy atom. The first kappa shape index (κ1) is 12.2. The monoisotopic (exact) mass is 258 g/mol. The van der Waals surface area contributed by atoms with E-state index in [-0.39, 0.29) is 5.91 Å². The van der Waals surface area contributed by atoms with E-state index >= 15 is 0 Å². The highest BCUT2D eigenvalue weighted by Crippen LogP contribution is 2.26. The lowest BCUT2D eigenvalue weighted by Gasteiger charge is -2.24. The van der Waals surface area contributed by atoms with Crippen LogP contribution in [0.3, 0.4) is 0 Å². The van der Waals surface area contributed by atoms with Crippen molar-refractivity contribution >= 4 is 16.8 Å². The predicted molar refractivity (Wildman–Crippen MR) is 73.7 cm³/mol. The minimum atomic E-state index is -0.182. The van der Waals surface area contributed by atoms with Gasteiger partial charge in [-0.1, -0.05) is 24.6 Å². The first-order chi connectivity index (χ1) is 9.25. The summed E-state index contributed by atoms with van der Waals surface area (Å²) in [5.41, 5.74) is 4.21. The maximum atomic E-state index is 12.1. The first-order valence-electron chi connectivity index (χ1n) is 6.72. The van der Waals surface area contributed by atoms with Gasteiger partial charge in [0.05, 0.1) is 6.61 Å². The zero-order valence-electron chi connectivity index (χ0n) is 11.1. The lowest BCUT2D eigenvalue weighted by Crippen LogP contribution is -2.29. The van der Waals surface area contributed by atoms with E-state index in [1.807, 2.05) is 41.9 Å². The fourth-order valence-electron chi connectivity index (χ4n) is 2.44. The van der Waals surface area contributed by atoms with Gasteiger partial charge in [0, 0.05) is 18.0 Å². The lowest BCUT2D eigenvalue weighted by molar-refractivity contribution is 0.00272. The maximum absolute atomic E-state index is 12.1. The molecular formula is C15H18N2O2. The van der Waals surface area contributed by atoms with Crippen molar-refractivity contribution in [2.75, 3.05) is 6.61 Å². The van der Waals surface area contributed by atoms with Crippen LogP contribution in [-0.2, 0) is 11.9 Å². The molecule has 3 rings (SSSR count). The van der Waals surface area contributed by atoms with E-state index in [9.17, 15) is 4.79 Å². The molecular weight excluding hydrogens is 240 g/mol. The van der Waals surface area contributed by atoms with Gasteiger partial charge in [-0.05, 0) is 30.9 Å². The molecule has 19 heavy (non-hydrogen) atoms. The number of fused-ring (bicyclic) bond motifs is 1. The standard InChI is InChI=1S/C15H18N2O2/c1-17-13-8-3-2-7-12(13)9-14(17)15(18)16-19-10-11-5-4-6-11/h2-3,7-9,11H,4-6,10H2,1H3,(H,16,18). The minimum Gasteiger partial charge on any atom is -0.340 e. The van der Waals surface area contributed by atoms with E-state index in [0.717, 1.165) is 10.9 Å². The summed E-state index contributed by atoms with van der Waals surface area (Å²) in [6, 6.07) is 9.83. The maximum Gasteiger partial charge on any atom is 0.291 e. The van der Waals surface area contributed by atoms with Gasteiger partial charge >= 0.3 is 0 Å². The Morgan fingerprint density at radius 1 is 1.42 bits per heavy atom. The van der Waals surface area contributed by atoms with Gasteiger partial charge in [-0.2, -0.15) is 0 Å². The summed E-state index contributed by atoms with van der Waals surface area (Å²) in [5.74, 6) is 0.436. The number of nitrogens with one attached hydrogen (secondary N) is 1. The summed E-state index contributed by atoms with van der Waals surface area (Å²) >= 11 is 0. The molecule has 0 atom stereocenters. The molecule has 0 bridgehead atoms. The van der Waals surface area contributed by atoms with Crippen LogP contribution >= 0.6 is 0 Å². The van der Waals surface area contributed by atoms with Crippen LogP contribution in [0.1, 0.15) is 29.8 Å². The van der Waals surface area contributed by atoms with E-state index in [1.54, 1.807) is 0 Å². The van der Waals surface area contributed by atoms with Crippen molar-refractivity contribution < 1.29 is 9.63 Å². The number of hydrogen-bond acceptors (Lipinski definition) is 2. The molecule has 1 saturated carbocycles. The predicted octanol–water partition coefficient (Wildman–Crippen LogP) is 2.64. The Hall–Kier alpha value is -1.81. The fraction of sp³-hybridized carbons (Fsp3) is 0.400. The Kier molecular flexibility index (Phi) is 3.25. The molecule has 1 aliphatic rings. The SMILES string of the molecule is Cn1c(C(=O)NOCC2CCC2)cc2ccccc21. The number of carbonyl (C=O) groups excluding carboxylic acids is 1. The third kappa shape index (κ3) is 2.36. The van der Waals surface area contributed by atoms with E-state index in [1.165, 1.54) is 19.3 Å². The molecule has 1 aromatic carbocycles. The zero-order valence-corrected chi connectivity index (χ0v) is 11.1. The Bertz CT molecular complexity index is 599. The van der Waals surface area contributed by atoms with Crippen LogP contribution in [0.4, 0.5) is 0 Å². The highest BCUT2D eigenvalue weighted by molar-refractivity contribution is 5.98. The molecule has 2 aromatic rings. The summed E-state index contributed by atoms with van der Waals surface area (Å²) in [5, 5.41) is 1.06. The van der Waals surface area contributed by atoms with Crippen LogP contribution in [0.5, 0.6) is 0 Å². The van der Waals surface area contributed by atoms with Crippen LogP contribution in [0.2, 0.25) is 0 Å². The molecule has 1 heterocycles. The fourth-order valence-corrected chi connectivity index (χ4v) is 2.44. The summed E-state index contributed by atoms with van der Waals surface area (Å²) < 4.78 is 1.89. The molecule has 0 aliphatic heterocycles. The second-order valence-corrected chi connectivity index (χ2v) is 5.19. The second kappa shape index (κ2) is 5.05. The zero-order chi connectivity index (χ0) is 13.2. The lowest BCUT2D eigenvalue weighted by atomic mass is 9.86.